The number of aromatic nitrogens is 2. The number of nitrogens with zero attached hydrogens (tertiary/aromatic N) is 3. The Kier molecular flexibility index (Phi) is 6.81. The normalized spacial score (nSPS) is 9.54. The van der Waals surface area contributed by atoms with Gasteiger partial charge in [-0.05, 0) is 38.8 Å². The largest absolute Gasteiger partial charge is 0.324 e. The highest BCUT2D eigenvalue weighted by molar-refractivity contribution is 6.34. The van der Waals surface area contributed by atoms with Gasteiger partial charge in [-0.15, -0.1) is 0 Å². The maximum atomic E-state index is 11.1. The van der Waals surface area contributed by atoms with Crippen LogP contribution in [0.15, 0.2) is 4.79 Å². The molecule has 0 saturated heterocycles. The summed E-state index contributed by atoms with van der Waals surface area (Å²) in [4.78, 5) is 17.5. The maximum absolute atomic E-state index is 11.1. The molecule has 0 aliphatic heterocycles. The molecule has 0 fully saturated rings. The number of nitriles is 2. The highest BCUT2D eigenvalue weighted by Crippen LogP contribution is 2.26. The lowest BCUT2D eigenvalue weighted by Gasteiger charge is -2.04. The molecule has 0 spiro atoms. The Morgan fingerprint density at radius 2 is 1.42 bits per heavy atom. The Hall–Kier alpha value is -2.05. The second kappa shape index (κ2) is 8.17. The third kappa shape index (κ3) is 4.07. The molecule has 0 aliphatic carbocycles. The zero-order chi connectivity index (χ0) is 18.6. The third-order valence-electron chi connectivity index (χ3n) is 3.28. The molecule has 2 aromatic rings. The topological polar surface area (TPSA) is 93.3 Å². The minimum atomic E-state index is -0.378. The number of pyridine rings is 2. The highest BCUT2D eigenvalue weighted by atomic mass is 35.5. The van der Waals surface area contributed by atoms with Crippen molar-refractivity contribution in [2.45, 2.75) is 27.7 Å². The van der Waals surface area contributed by atoms with Gasteiger partial charge in [0.15, 0.2) is 0 Å². The van der Waals surface area contributed by atoms with E-state index in [9.17, 15) is 4.79 Å². The first-order chi connectivity index (χ1) is 11.1. The quantitative estimate of drug-likeness (QED) is 0.682. The van der Waals surface area contributed by atoms with Gasteiger partial charge >= 0.3 is 0 Å². The van der Waals surface area contributed by atoms with Crippen LogP contribution >= 0.6 is 34.8 Å². The zero-order valence-electron chi connectivity index (χ0n) is 13.4. The molecule has 1 N–H and O–H groups in total. The molecular weight excluding hydrogens is 371 g/mol. The summed E-state index contributed by atoms with van der Waals surface area (Å²) in [5.41, 5.74) is 2.54. The average Bonchev–Trinajstić information content (AvgIpc) is 2.52. The molecule has 2 heterocycles. The van der Waals surface area contributed by atoms with Crippen molar-refractivity contribution in [1.82, 2.24) is 9.97 Å². The van der Waals surface area contributed by atoms with E-state index in [-0.39, 0.29) is 16.3 Å². The van der Waals surface area contributed by atoms with E-state index >= 15 is 0 Å². The number of H-pyrrole nitrogens is 1. The Labute approximate surface area is 154 Å². The summed E-state index contributed by atoms with van der Waals surface area (Å²) in [7, 11) is 0. The Bertz CT molecular complexity index is 937. The molecule has 0 unspecified atom stereocenters. The molecule has 0 aromatic carbocycles. The van der Waals surface area contributed by atoms with Crippen LogP contribution in [0.2, 0.25) is 15.2 Å². The molecule has 0 radical (unpaired) electrons. The van der Waals surface area contributed by atoms with Crippen molar-refractivity contribution in [3.63, 3.8) is 0 Å². The number of hydrogen-bond donors (Lipinski definition) is 1. The molecule has 0 aliphatic rings. The summed E-state index contributed by atoms with van der Waals surface area (Å²) in [5.74, 6) is 0. The Balaban J connectivity index is 0.000000240. The van der Waals surface area contributed by atoms with Crippen LogP contribution in [0.1, 0.15) is 33.6 Å². The van der Waals surface area contributed by atoms with Crippen molar-refractivity contribution < 1.29 is 0 Å². The zero-order valence-corrected chi connectivity index (χ0v) is 15.7. The van der Waals surface area contributed by atoms with E-state index in [1.54, 1.807) is 33.8 Å². The number of nitrogens with one attached hydrogen (secondary N) is 1. The summed E-state index contributed by atoms with van der Waals surface area (Å²) in [6, 6.07) is 3.76. The Morgan fingerprint density at radius 3 is 1.92 bits per heavy atom. The fourth-order valence-electron chi connectivity index (χ4n) is 1.90. The SMILES string of the molecule is Cc1[nH]c(=O)c(C#N)c(C)c1Cl.Cc1nc(Cl)c(C#N)c(C)c1Cl. The summed E-state index contributed by atoms with van der Waals surface area (Å²) in [6.07, 6.45) is 0. The fourth-order valence-corrected chi connectivity index (χ4v) is 2.49. The molecule has 0 atom stereocenters. The van der Waals surface area contributed by atoms with Crippen LogP contribution in [0.25, 0.3) is 0 Å². The van der Waals surface area contributed by atoms with Crippen molar-refractivity contribution >= 4 is 34.8 Å². The first-order valence-corrected chi connectivity index (χ1v) is 7.80. The molecule has 124 valence electrons. The number of halogens is 3. The molecule has 0 bridgehead atoms. The van der Waals surface area contributed by atoms with Gasteiger partial charge in [0, 0.05) is 5.69 Å². The summed E-state index contributed by atoms with van der Waals surface area (Å²) in [5, 5.41) is 18.4. The van der Waals surface area contributed by atoms with E-state index < -0.39 is 0 Å². The van der Waals surface area contributed by atoms with Crippen LogP contribution in [-0.2, 0) is 0 Å². The van der Waals surface area contributed by atoms with Crippen LogP contribution in [0, 0.1) is 50.4 Å². The van der Waals surface area contributed by atoms with Crippen LogP contribution in [-0.4, -0.2) is 9.97 Å². The summed E-state index contributed by atoms with van der Waals surface area (Å²) < 4.78 is 0. The predicted octanol–water partition coefficient (Wildman–Crippen LogP) is 4.39. The van der Waals surface area contributed by atoms with Crippen LogP contribution in [0.4, 0.5) is 0 Å². The number of aromatic amines is 1. The van der Waals surface area contributed by atoms with Gasteiger partial charge in [-0.25, -0.2) is 4.98 Å². The van der Waals surface area contributed by atoms with Gasteiger partial charge in [0.05, 0.1) is 21.3 Å². The monoisotopic (exact) mass is 382 g/mol. The smallest absolute Gasteiger partial charge is 0.266 e. The second-order valence-electron chi connectivity index (χ2n) is 4.92. The van der Waals surface area contributed by atoms with Crippen molar-refractivity contribution in [2.75, 3.05) is 0 Å². The van der Waals surface area contributed by atoms with Crippen molar-refractivity contribution in [2.24, 2.45) is 0 Å². The first kappa shape index (κ1) is 20.0. The van der Waals surface area contributed by atoms with Gasteiger partial charge in [0.1, 0.15) is 22.9 Å². The standard InChI is InChI=1S/C8H6Cl2N2.C8H7ClN2O/c1-4-6(3-11)8(10)12-5(2)7(4)9;1-4-6(3-10)8(12)11-5(2)7(4)9/h1-2H3;1-2H3,(H,11,12). The number of aryl methyl sites for hydroxylation is 2. The van der Waals surface area contributed by atoms with Crippen molar-refractivity contribution in [3.8, 4) is 12.1 Å². The van der Waals surface area contributed by atoms with Gasteiger partial charge in [-0.2, -0.15) is 10.5 Å². The van der Waals surface area contributed by atoms with Crippen LogP contribution in [0.5, 0.6) is 0 Å². The van der Waals surface area contributed by atoms with E-state index in [1.807, 2.05) is 6.07 Å². The van der Waals surface area contributed by atoms with E-state index in [0.717, 1.165) is 0 Å². The predicted molar refractivity (Wildman–Crippen MR) is 94.7 cm³/mol. The molecule has 8 heteroatoms. The number of rotatable bonds is 0. The van der Waals surface area contributed by atoms with E-state index in [0.29, 0.717) is 38.1 Å². The van der Waals surface area contributed by atoms with Crippen molar-refractivity contribution in [1.29, 1.82) is 10.5 Å². The summed E-state index contributed by atoms with van der Waals surface area (Å²) in [6.45, 7) is 6.85. The average molecular weight is 384 g/mol. The van der Waals surface area contributed by atoms with E-state index in [1.165, 1.54) is 0 Å². The molecule has 2 aromatic heterocycles. The lowest BCUT2D eigenvalue weighted by molar-refractivity contribution is 1.10. The van der Waals surface area contributed by atoms with E-state index in [2.05, 4.69) is 9.97 Å². The van der Waals surface area contributed by atoms with Gasteiger partial charge in [0.25, 0.3) is 5.56 Å². The Morgan fingerprint density at radius 1 is 0.917 bits per heavy atom. The third-order valence-corrected chi connectivity index (χ3v) is 4.68. The second-order valence-corrected chi connectivity index (χ2v) is 6.03. The van der Waals surface area contributed by atoms with E-state index in [4.69, 9.17) is 45.3 Å². The van der Waals surface area contributed by atoms with Crippen LogP contribution in [0.3, 0.4) is 0 Å². The highest BCUT2D eigenvalue weighted by Gasteiger charge is 2.11. The maximum Gasteiger partial charge on any atom is 0.266 e. The lowest BCUT2D eigenvalue weighted by Crippen LogP contribution is -2.13. The molecule has 24 heavy (non-hydrogen) atoms. The minimum absolute atomic E-state index is 0.0885. The first-order valence-electron chi connectivity index (χ1n) is 6.67. The van der Waals surface area contributed by atoms with Crippen LogP contribution < -0.4 is 5.56 Å². The molecule has 0 amide bonds. The fraction of sp³-hybridized carbons (Fsp3) is 0.250. The van der Waals surface area contributed by atoms with Gasteiger partial charge < -0.3 is 4.98 Å². The molecule has 2 rings (SSSR count). The molecule has 0 saturated carbocycles. The lowest BCUT2D eigenvalue weighted by atomic mass is 10.1. The van der Waals surface area contributed by atoms with Gasteiger partial charge in [-0.1, -0.05) is 34.8 Å². The summed E-state index contributed by atoms with van der Waals surface area (Å²) >= 11 is 17.4. The molecular formula is C16H13Cl3N4O. The van der Waals surface area contributed by atoms with Gasteiger partial charge in [0.2, 0.25) is 0 Å². The molecule has 5 nitrogen and oxygen atoms in total. The van der Waals surface area contributed by atoms with Crippen molar-refractivity contribution in [3.05, 3.63) is 59.2 Å². The van der Waals surface area contributed by atoms with Gasteiger partial charge in [-0.3, -0.25) is 4.79 Å². The number of hydrogen-bond acceptors (Lipinski definition) is 4. The minimum Gasteiger partial charge on any atom is -0.324 e.